The van der Waals surface area contributed by atoms with Crippen LogP contribution in [-0.2, 0) is 19.1 Å². The number of Topliss-reactive ketones (excluding diaryl/α,β-unsaturated/α-hetero) is 1. The summed E-state index contributed by atoms with van der Waals surface area (Å²) in [6, 6.07) is 2.62. The van der Waals surface area contributed by atoms with Crippen molar-refractivity contribution in [2.24, 2.45) is 0 Å². The van der Waals surface area contributed by atoms with E-state index in [1.807, 2.05) is 0 Å². The van der Waals surface area contributed by atoms with Gasteiger partial charge < -0.3 is 9.47 Å². The molecule has 3 rings (SSSR count). The lowest BCUT2D eigenvalue weighted by atomic mass is 9.94. The predicted molar refractivity (Wildman–Crippen MR) is 78.6 cm³/mol. The highest BCUT2D eigenvalue weighted by atomic mass is 35.5. The van der Waals surface area contributed by atoms with Crippen molar-refractivity contribution >= 4 is 40.9 Å². The third-order valence-electron chi connectivity index (χ3n) is 3.83. The molecule has 120 valence electrons. The number of nitrogens with zero attached hydrogens (tertiary/aromatic N) is 1. The average molecular weight is 338 g/mol. The van der Waals surface area contributed by atoms with Gasteiger partial charge in [-0.1, -0.05) is 11.6 Å². The lowest BCUT2D eigenvalue weighted by Gasteiger charge is -2.19. The fraction of sp³-hybridized carbons (Fsp3) is 0.333. The summed E-state index contributed by atoms with van der Waals surface area (Å²) >= 11 is 6.12. The zero-order chi connectivity index (χ0) is 16.9. The number of carbonyl (C=O) groups is 4. The number of benzene rings is 1. The van der Waals surface area contributed by atoms with Gasteiger partial charge in [-0.15, -0.1) is 0 Å². The van der Waals surface area contributed by atoms with Crippen LogP contribution in [0.15, 0.2) is 12.1 Å². The predicted octanol–water partition coefficient (Wildman–Crippen LogP) is 1.50. The molecule has 1 unspecified atom stereocenters. The Hall–Kier alpha value is -2.41. The number of ether oxygens (including phenoxy) is 2. The molecule has 2 amide bonds. The van der Waals surface area contributed by atoms with Crippen LogP contribution in [0.25, 0.3) is 0 Å². The molecule has 1 aromatic carbocycles. The molecule has 1 spiro atoms. The van der Waals surface area contributed by atoms with Crippen molar-refractivity contribution in [2.45, 2.75) is 25.9 Å². The number of imide groups is 1. The van der Waals surface area contributed by atoms with Crippen molar-refractivity contribution < 1.29 is 28.7 Å². The van der Waals surface area contributed by atoms with E-state index in [1.165, 1.54) is 26.0 Å². The first-order valence-electron chi connectivity index (χ1n) is 6.84. The van der Waals surface area contributed by atoms with Gasteiger partial charge in [-0.2, -0.15) is 0 Å². The summed E-state index contributed by atoms with van der Waals surface area (Å²) in [7, 11) is 0. The van der Waals surface area contributed by atoms with E-state index in [9.17, 15) is 19.2 Å². The van der Waals surface area contributed by atoms with E-state index in [2.05, 4.69) is 0 Å². The van der Waals surface area contributed by atoms with Crippen molar-refractivity contribution in [3.8, 4) is 5.75 Å². The van der Waals surface area contributed by atoms with E-state index in [0.717, 1.165) is 4.90 Å². The number of halogens is 1. The molecule has 1 fully saturated rings. The van der Waals surface area contributed by atoms with Crippen molar-refractivity contribution in [1.29, 1.82) is 0 Å². The van der Waals surface area contributed by atoms with Crippen molar-refractivity contribution in [2.75, 3.05) is 11.5 Å². The van der Waals surface area contributed by atoms with Gasteiger partial charge in [0.15, 0.2) is 0 Å². The molecule has 8 heteroatoms. The molecule has 1 saturated heterocycles. The minimum atomic E-state index is -1.68. The molecular formula is C15H12ClNO6. The second kappa shape index (κ2) is 5.06. The van der Waals surface area contributed by atoms with E-state index in [0.29, 0.717) is 0 Å². The summed E-state index contributed by atoms with van der Waals surface area (Å²) < 4.78 is 10.4. The first-order valence-corrected chi connectivity index (χ1v) is 7.21. The highest BCUT2D eigenvalue weighted by molar-refractivity contribution is 6.36. The highest BCUT2D eigenvalue weighted by Crippen LogP contribution is 2.44. The summed E-state index contributed by atoms with van der Waals surface area (Å²) in [5, 5.41) is 0.0366. The minimum absolute atomic E-state index is 0.0366. The van der Waals surface area contributed by atoms with E-state index in [-0.39, 0.29) is 35.1 Å². The number of amides is 2. The highest BCUT2D eigenvalue weighted by Gasteiger charge is 2.58. The molecule has 0 aliphatic carbocycles. The second-order valence-electron chi connectivity index (χ2n) is 5.32. The Labute approximate surface area is 136 Å². The number of hydrogen-bond donors (Lipinski definition) is 0. The first-order chi connectivity index (χ1) is 10.8. The van der Waals surface area contributed by atoms with Gasteiger partial charge in [0, 0.05) is 26.3 Å². The van der Waals surface area contributed by atoms with Gasteiger partial charge in [0.1, 0.15) is 5.75 Å². The summed E-state index contributed by atoms with van der Waals surface area (Å²) in [6.45, 7) is 2.52. The Balaban J connectivity index is 2.11. The molecule has 2 aliphatic rings. The maximum Gasteiger partial charge on any atom is 0.358 e. The number of ketones is 1. The maximum absolute atomic E-state index is 12.5. The molecule has 0 aromatic heterocycles. The molecule has 23 heavy (non-hydrogen) atoms. The Bertz CT molecular complexity index is 759. The number of esters is 1. The zero-order valence-corrected chi connectivity index (χ0v) is 13.1. The third kappa shape index (κ3) is 2.11. The third-order valence-corrected chi connectivity index (χ3v) is 4.14. The van der Waals surface area contributed by atoms with Gasteiger partial charge in [-0.3, -0.25) is 14.4 Å². The quantitative estimate of drug-likeness (QED) is 0.570. The molecule has 0 radical (unpaired) electrons. The van der Waals surface area contributed by atoms with Crippen LogP contribution in [0.4, 0.5) is 5.69 Å². The number of cyclic esters (lactones) is 1. The average Bonchev–Trinajstić information content (AvgIpc) is 2.94. The molecule has 1 aromatic rings. The number of anilines is 1. The Kier molecular flexibility index (Phi) is 3.40. The minimum Gasteiger partial charge on any atom is -0.466 e. The van der Waals surface area contributed by atoms with Gasteiger partial charge >= 0.3 is 5.97 Å². The molecule has 2 aliphatic heterocycles. The monoisotopic (exact) mass is 337 g/mol. The Morgan fingerprint density at radius 2 is 1.87 bits per heavy atom. The van der Waals surface area contributed by atoms with Gasteiger partial charge in [0.2, 0.25) is 17.6 Å². The lowest BCUT2D eigenvalue weighted by molar-refractivity contribution is -0.147. The first kappa shape index (κ1) is 15.5. The van der Waals surface area contributed by atoms with E-state index >= 15 is 0 Å². The molecular weight excluding hydrogens is 326 g/mol. The molecule has 0 saturated carbocycles. The van der Waals surface area contributed by atoms with Gasteiger partial charge in [0.25, 0.3) is 5.60 Å². The van der Waals surface area contributed by atoms with E-state index in [4.69, 9.17) is 21.1 Å². The van der Waals surface area contributed by atoms with Crippen molar-refractivity contribution in [3.05, 3.63) is 22.7 Å². The maximum atomic E-state index is 12.5. The fourth-order valence-electron chi connectivity index (χ4n) is 2.79. The van der Waals surface area contributed by atoms with Crippen LogP contribution in [0.3, 0.4) is 0 Å². The van der Waals surface area contributed by atoms with Gasteiger partial charge in [0.05, 0.1) is 22.9 Å². The van der Waals surface area contributed by atoms with E-state index in [1.54, 1.807) is 0 Å². The zero-order valence-electron chi connectivity index (χ0n) is 12.3. The van der Waals surface area contributed by atoms with Crippen LogP contribution < -0.4 is 9.64 Å². The number of hydrogen-bond acceptors (Lipinski definition) is 6. The largest absolute Gasteiger partial charge is 0.466 e. The van der Waals surface area contributed by atoms with E-state index < -0.39 is 29.2 Å². The number of rotatable bonds is 1. The summed E-state index contributed by atoms with van der Waals surface area (Å²) in [6.07, 6.45) is 0.107. The normalized spacial score (nSPS) is 21.9. The standard InChI is InChI=1S/C15H12ClNO6/c1-7(18)17(8(2)19)11-6-12-9(5-10(11)16)13(20)15(23-12)3-4-22-14(15)21/h5-6H,3-4H2,1-2H3. The number of fused-ring (bicyclic) bond motifs is 1. The Morgan fingerprint density at radius 3 is 2.39 bits per heavy atom. The fourth-order valence-corrected chi connectivity index (χ4v) is 3.04. The van der Waals surface area contributed by atoms with Crippen molar-refractivity contribution in [1.82, 2.24) is 0 Å². The summed E-state index contributed by atoms with van der Waals surface area (Å²) in [4.78, 5) is 48.6. The van der Waals surface area contributed by atoms with Crippen LogP contribution in [0.1, 0.15) is 30.6 Å². The van der Waals surface area contributed by atoms with Crippen LogP contribution in [-0.4, -0.2) is 35.8 Å². The molecule has 0 N–H and O–H groups in total. The van der Waals surface area contributed by atoms with Crippen molar-refractivity contribution in [3.63, 3.8) is 0 Å². The molecule has 7 nitrogen and oxygen atoms in total. The van der Waals surface area contributed by atoms with Crippen LogP contribution in [0.2, 0.25) is 5.02 Å². The number of carbonyl (C=O) groups excluding carboxylic acids is 4. The topological polar surface area (TPSA) is 90.0 Å². The lowest BCUT2D eigenvalue weighted by Crippen LogP contribution is -2.44. The van der Waals surface area contributed by atoms with Crippen LogP contribution in [0, 0.1) is 0 Å². The molecule has 2 heterocycles. The second-order valence-corrected chi connectivity index (χ2v) is 5.72. The van der Waals surface area contributed by atoms with Crippen LogP contribution in [0.5, 0.6) is 5.75 Å². The molecule has 0 bridgehead atoms. The van der Waals surface area contributed by atoms with Crippen LogP contribution >= 0.6 is 11.6 Å². The summed E-state index contributed by atoms with van der Waals surface area (Å²) in [5.41, 5.74) is -1.45. The summed E-state index contributed by atoms with van der Waals surface area (Å²) in [5.74, 6) is -2.23. The van der Waals surface area contributed by atoms with Gasteiger partial charge in [-0.25, -0.2) is 9.69 Å². The molecule has 1 atom stereocenters. The Morgan fingerprint density at radius 1 is 1.22 bits per heavy atom. The van der Waals surface area contributed by atoms with Gasteiger partial charge in [-0.05, 0) is 6.07 Å². The smallest absolute Gasteiger partial charge is 0.358 e. The SMILES string of the molecule is CC(=O)N(C(C)=O)c1cc2c(cc1Cl)C(=O)C1(CCOC1=O)O2.